The van der Waals surface area contributed by atoms with Gasteiger partial charge in [0.25, 0.3) is 0 Å². The van der Waals surface area contributed by atoms with Crippen LogP contribution < -0.4 is 5.32 Å². The SMILES string of the molecule is CCC(=O)Nc1cccc(C2CCN(Cc3cn(-c4ccccc4F)nn3)CC2)n1. The largest absolute Gasteiger partial charge is 0.311 e. The van der Waals surface area contributed by atoms with E-state index in [1.807, 2.05) is 25.1 Å². The Morgan fingerprint density at radius 3 is 2.73 bits per heavy atom. The lowest BCUT2D eigenvalue weighted by molar-refractivity contribution is -0.115. The van der Waals surface area contributed by atoms with E-state index in [2.05, 4.69) is 25.5 Å². The van der Waals surface area contributed by atoms with Gasteiger partial charge in [-0.1, -0.05) is 30.3 Å². The van der Waals surface area contributed by atoms with Crippen LogP contribution in [0.1, 0.15) is 43.5 Å². The molecule has 156 valence electrons. The maximum Gasteiger partial charge on any atom is 0.225 e. The predicted octanol–water partition coefficient (Wildman–Crippen LogP) is 3.53. The number of piperidine rings is 1. The van der Waals surface area contributed by atoms with Crippen LogP contribution >= 0.6 is 0 Å². The van der Waals surface area contributed by atoms with E-state index < -0.39 is 0 Å². The molecule has 3 aromatic rings. The van der Waals surface area contributed by atoms with Crippen molar-refractivity contribution in [1.82, 2.24) is 24.9 Å². The molecule has 1 fully saturated rings. The molecular formula is C22H25FN6O. The van der Waals surface area contributed by atoms with Gasteiger partial charge in [-0.15, -0.1) is 5.10 Å². The summed E-state index contributed by atoms with van der Waals surface area (Å²) in [5.74, 6) is 0.637. The summed E-state index contributed by atoms with van der Waals surface area (Å²) < 4.78 is 15.4. The van der Waals surface area contributed by atoms with Crippen LogP contribution in [0, 0.1) is 5.82 Å². The first-order valence-electron chi connectivity index (χ1n) is 10.3. The molecule has 1 aliphatic rings. The number of carbonyl (C=O) groups excluding carboxylic acids is 1. The smallest absolute Gasteiger partial charge is 0.225 e. The van der Waals surface area contributed by atoms with Crippen LogP contribution in [0.3, 0.4) is 0 Å². The van der Waals surface area contributed by atoms with Gasteiger partial charge < -0.3 is 5.32 Å². The second kappa shape index (κ2) is 9.13. The molecular weight excluding hydrogens is 383 g/mol. The minimum absolute atomic E-state index is 0.0297. The zero-order valence-electron chi connectivity index (χ0n) is 17.0. The van der Waals surface area contributed by atoms with E-state index in [0.29, 0.717) is 30.4 Å². The fraction of sp³-hybridized carbons (Fsp3) is 0.364. The molecule has 1 N–H and O–H groups in total. The quantitative estimate of drug-likeness (QED) is 0.675. The lowest BCUT2D eigenvalue weighted by Crippen LogP contribution is -2.32. The molecule has 8 heteroatoms. The highest BCUT2D eigenvalue weighted by Gasteiger charge is 2.22. The van der Waals surface area contributed by atoms with Crippen molar-refractivity contribution in [2.24, 2.45) is 0 Å². The van der Waals surface area contributed by atoms with Crippen molar-refractivity contribution in [3.05, 3.63) is 65.9 Å². The van der Waals surface area contributed by atoms with Crippen molar-refractivity contribution >= 4 is 11.7 Å². The number of amides is 1. The third-order valence-corrected chi connectivity index (χ3v) is 5.39. The zero-order chi connectivity index (χ0) is 20.9. The third-order valence-electron chi connectivity index (χ3n) is 5.39. The first kappa shape index (κ1) is 20.2. The minimum Gasteiger partial charge on any atom is -0.311 e. The van der Waals surface area contributed by atoms with Crippen LogP contribution in [-0.2, 0) is 11.3 Å². The molecule has 1 aromatic carbocycles. The van der Waals surface area contributed by atoms with Crippen molar-refractivity contribution in [2.75, 3.05) is 18.4 Å². The minimum atomic E-state index is -0.320. The fourth-order valence-corrected chi connectivity index (χ4v) is 3.72. The van der Waals surface area contributed by atoms with E-state index in [0.717, 1.165) is 37.3 Å². The van der Waals surface area contributed by atoms with Gasteiger partial charge in [-0.2, -0.15) is 0 Å². The Balaban J connectivity index is 1.34. The van der Waals surface area contributed by atoms with Crippen molar-refractivity contribution in [3.63, 3.8) is 0 Å². The number of hydrogen-bond acceptors (Lipinski definition) is 5. The highest BCUT2D eigenvalue weighted by molar-refractivity contribution is 5.89. The number of aromatic nitrogens is 4. The summed E-state index contributed by atoms with van der Waals surface area (Å²) >= 11 is 0. The monoisotopic (exact) mass is 408 g/mol. The molecule has 0 atom stereocenters. The van der Waals surface area contributed by atoms with Gasteiger partial charge in [0.05, 0.1) is 11.9 Å². The van der Waals surface area contributed by atoms with Crippen LogP contribution in [0.4, 0.5) is 10.2 Å². The van der Waals surface area contributed by atoms with Crippen molar-refractivity contribution in [3.8, 4) is 5.69 Å². The number of halogens is 1. The molecule has 30 heavy (non-hydrogen) atoms. The second-order valence-electron chi connectivity index (χ2n) is 7.51. The van der Waals surface area contributed by atoms with E-state index in [-0.39, 0.29) is 11.7 Å². The van der Waals surface area contributed by atoms with Gasteiger partial charge in [0.2, 0.25) is 5.91 Å². The van der Waals surface area contributed by atoms with Gasteiger partial charge in [0.15, 0.2) is 0 Å². The summed E-state index contributed by atoms with van der Waals surface area (Å²) in [6.07, 6.45) is 4.19. The number of benzene rings is 1. The molecule has 1 aliphatic heterocycles. The number of nitrogens with zero attached hydrogens (tertiary/aromatic N) is 5. The summed E-state index contributed by atoms with van der Waals surface area (Å²) in [5, 5.41) is 11.1. The van der Waals surface area contributed by atoms with Gasteiger partial charge in [0, 0.05) is 24.6 Å². The number of rotatable bonds is 6. The van der Waals surface area contributed by atoms with Crippen LogP contribution in [0.25, 0.3) is 5.69 Å². The van der Waals surface area contributed by atoms with E-state index >= 15 is 0 Å². The van der Waals surface area contributed by atoms with Gasteiger partial charge in [-0.05, 0) is 50.2 Å². The van der Waals surface area contributed by atoms with E-state index in [4.69, 9.17) is 0 Å². The number of nitrogens with one attached hydrogen (secondary N) is 1. The van der Waals surface area contributed by atoms with E-state index in [1.54, 1.807) is 24.4 Å². The Bertz CT molecular complexity index is 1010. The highest BCUT2D eigenvalue weighted by atomic mass is 19.1. The molecule has 7 nitrogen and oxygen atoms in total. The highest BCUT2D eigenvalue weighted by Crippen LogP contribution is 2.28. The molecule has 0 radical (unpaired) electrons. The maximum absolute atomic E-state index is 13.9. The first-order chi connectivity index (χ1) is 14.6. The number of hydrogen-bond donors (Lipinski definition) is 1. The van der Waals surface area contributed by atoms with E-state index in [1.165, 1.54) is 10.7 Å². The van der Waals surface area contributed by atoms with Gasteiger partial charge in [0.1, 0.15) is 17.3 Å². The first-order valence-corrected chi connectivity index (χ1v) is 10.3. The lowest BCUT2D eigenvalue weighted by Gasteiger charge is -2.31. The Morgan fingerprint density at radius 1 is 1.17 bits per heavy atom. The second-order valence-corrected chi connectivity index (χ2v) is 7.51. The topological polar surface area (TPSA) is 75.9 Å². The van der Waals surface area contributed by atoms with Crippen molar-refractivity contribution < 1.29 is 9.18 Å². The normalized spacial score (nSPS) is 15.3. The number of anilines is 1. The summed E-state index contributed by atoms with van der Waals surface area (Å²) in [6, 6.07) is 12.3. The van der Waals surface area contributed by atoms with Crippen molar-refractivity contribution in [1.29, 1.82) is 0 Å². The average Bonchev–Trinajstić information content (AvgIpc) is 3.23. The molecule has 0 saturated carbocycles. The van der Waals surface area contributed by atoms with Gasteiger partial charge in [-0.3, -0.25) is 9.69 Å². The van der Waals surface area contributed by atoms with E-state index in [9.17, 15) is 9.18 Å². The fourth-order valence-electron chi connectivity index (χ4n) is 3.72. The summed E-state index contributed by atoms with van der Waals surface area (Å²) in [7, 11) is 0. The molecule has 1 saturated heterocycles. The zero-order valence-corrected chi connectivity index (χ0v) is 17.0. The Labute approximate surface area is 174 Å². The Morgan fingerprint density at radius 2 is 1.97 bits per heavy atom. The number of likely N-dealkylation sites (tertiary alicyclic amines) is 1. The lowest BCUT2D eigenvalue weighted by atomic mass is 9.93. The standard InChI is InChI=1S/C22H25FN6O/c1-2-22(30)25-21-9-5-7-19(24-21)16-10-12-28(13-11-16)14-17-15-29(27-26-17)20-8-4-3-6-18(20)23/h3-9,15-16H,2,10-14H2,1H3,(H,24,25,30). The number of para-hydroxylation sites is 1. The van der Waals surface area contributed by atoms with Crippen LogP contribution in [-0.4, -0.2) is 43.9 Å². The molecule has 2 aromatic heterocycles. The predicted molar refractivity (Wildman–Crippen MR) is 112 cm³/mol. The molecule has 0 bridgehead atoms. The number of carbonyl (C=O) groups is 1. The van der Waals surface area contributed by atoms with Crippen LogP contribution in [0.2, 0.25) is 0 Å². The molecule has 0 aliphatic carbocycles. The van der Waals surface area contributed by atoms with Crippen molar-refractivity contribution in [2.45, 2.75) is 38.6 Å². The maximum atomic E-state index is 13.9. The van der Waals surface area contributed by atoms with Crippen LogP contribution in [0.5, 0.6) is 0 Å². The third kappa shape index (κ3) is 4.71. The summed E-state index contributed by atoms with van der Waals surface area (Å²) in [6.45, 7) is 4.35. The van der Waals surface area contributed by atoms with Crippen LogP contribution in [0.15, 0.2) is 48.7 Å². The van der Waals surface area contributed by atoms with Gasteiger partial charge >= 0.3 is 0 Å². The average molecular weight is 408 g/mol. The molecule has 0 spiro atoms. The molecule has 0 unspecified atom stereocenters. The Kier molecular flexibility index (Phi) is 6.13. The molecule has 4 rings (SSSR count). The van der Waals surface area contributed by atoms with Gasteiger partial charge in [-0.25, -0.2) is 14.1 Å². The number of pyridine rings is 1. The molecule has 1 amide bonds. The Hall–Kier alpha value is -3.13. The molecule has 3 heterocycles. The summed E-state index contributed by atoms with van der Waals surface area (Å²) in [4.78, 5) is 18.6. The summed E-state index contributed by atoms with van der Waals surface area (Å²) in [5.41, 5.74) is 2.24.